The third kappa shape index (κ3) is 3.59. The van der Waals surface area contributed by atoms with Gasteiger partial charge in [-0.3, -0.25) is 4.90 Å². The van der Waals surface area contributed by atoms with E-state index in [0.717, 1.165) is 12.0 Å². The van der Waals surface area contributed by atoms with Crippen LogP contribution in [-0.4, -0.2) is 30.6 Å². The zero-order valence-electron chi connectivity index (χ0n) is 11.6. The quantitative estimate of drug-likeness (QED) is 0.891. The maximum absolute atomic E-state index is 3.67. The second-order valence-electron chi connectivity index (χ2n) is 6.06. The van der Waals surface area contributed by atoms with Crippen LogP contribution in [0.4, 0.5) is 0 Å². The molecule has 1 aromatic rings. The summed E-state index contributed by atoms with van der Waals surface area (Å²) in [5.41, 5.74) is 1.42. The van der Waals surface area contributed by atoms with Crippen molar-refractivity contribution < 1.29 is 0 Å². The summed E-state index contributed by atoms with van der Waals surface area (Å²) in [7, 11) is 0. The Balaban J connectivity index is 1.54. The summed E-state index contributed by atoms with van der Waals surface area (Å²) >= 11 is 3.57. The third-order valence-electron chi connectivity index (χ3n) is 4.47. The fourth-order valence-electron chi connectivity index (χ4n) is 2.98. The highest BCUT2D eigenvalue weighted by atomic mass is 79.9. The van der Waals surface area contributed by atoms with Gasteiger partial charge in [0.2, 0.25) is 0 Å². The summed E-state index contributed by atoms with van der Waals surface area (Å²) in [5.74, 6) is 0.843. The number of hydrogen-bond acceptors (Lipinski definition) is 2. The molecular formula is C16H23BrN2. The number of benzene rings is 1. The lowest BCUT2D eigenvalue weighted by molar-refractivity contribution is 0.251. The lowest BCUT2D eigenvalue weighted by Gasteiger charge is -2.25. The Bertz CT molecular complexity index is 431. The monoisotopic (exact) mass is 322 g/mol. The number of rotatable bonds is 5. The highest BCUT2D eigenvalue weighted by Crippen LogP contribution is 2.29. The van der Waals surface area contributed by atoms with Gasteiger partial charge in [0.05, 0.1) is 0 Å². The van der Waals surface area contributed by atoms with Crippen molar-refractivity contribution in [3.05, 3.63) is 34.3 Å². The first-order valence-corrected chi connectivity index (χ1v) is 8.24. The Kier molecular flexibility index (Phi) is 4.25. The van der Waals surface area contributed by atoms with E-state index in [0.29, 0.717) is 6.04 Å². The number of likely N-dealkylation sites (tertiary alicyclic amines) is 1. The molecule has 19 heavy (non-hydrogen) atoms. The summed E-state index contributed by atoms with van der Waals surface area (Å²) in [6.07, 6.45) is 4.13. The van der Waals surface area contributed by atoms with E-state index in [4.69, 9.17) is 0 Å². The molecule has 0 bridgehead atoms. The molecule has 2 atom stereocenters. The molecule has 2 unspecified atom stereocenters. The number of hydrogen-bond donors (Lipinski definition) is 1. The molecule has 1 heterocycles. The minimum absolute atomic E-state index is 0.531. The van der Waals surface area contributed by atoms with Gasteiger partial charge in [0.25, 0.3) is 0 Å². The summed E-state index contributed by atoms with van der Waals surface area (Å²) in [6, 6.07) is 10.1. The van der Waals surface area contributed by atoms with Crippen molar-refractivity contribution in [3.63, 3.8) is 0 Å². The summed E-state index contributed by atoms with van der Waals surface area (Å²) in [4.78, 5) is 2.63. The van der Waals surface area contributed by atoms with Gasteiger partial charge in [-0.05, 0) is 62.9 Å². The van der Waals surface area contributed by atoms with Crippen LogP contribution in [0.15, 0.2) is 28.7 Å². The molecular weight excluding hydrogens is 300 g/mol. The molecule has 0 amide bonds. The first-order valence-electron chi connectivity index (χ1n) is 7.45. The Morgan fingerprint density at radius 3 is 2.95 bits per heavy atom. The van der Waals surface area contributed by atoms with E-state index in [9.17, 15) is 0 Å². The summed E-state index contributed by atoms with van der Waals surface area (Å²) < 4.78 is 1.18. The Morgan fingerprint density at radius 1 is 1.37 bits per heavy atom. The van der Waals surface area contributed by atoms with Crippen molar-refractivity contribution >= 4 is 15.9 Å². The zero-order chi connectivity index (χ0) is 13.2. The predicted molar refractivity (Wildman–Crippen MR) is 83.3 cm³/mol. The Labute approximate surface area is 124 Å². The normalized spacial score (nSPS) is 25.7. The Hall–Kier alpha value is -0.380. The van der Waals surface area contributed by atoms with Gasteiger partial charge in [-0.25, -0.2) is 0 Å². The first-order chi connectivity index (χ1) is 9.22. The van der Waals surface area contributed by atoms with Gasteiger partial charge in [0, 0.05) is 23.1 Å². The van der Waals surface area contributed by atoms with E-state index in [1.165, 1.54) is 48.9 Å². The van der Waals surface area contributed by atoms with Crippen LogP contribution in [0.3, 0.4) is 0 Å². The van der Waals surface area contributed by atoms with Crippen molar-refractivity contribution in [3.8, 4) is 0 Å². The van der Waals surface area contributed by atoms with Crippen LogP contribution in [0.2, 0.25) is 0 Å². The number of nitrogens with one attached hydrogen (secondary N) is 1. The molecule has 3 rings (SSSR count). The van der Waals surface area contributed by atoms with Crippen molar-refractivity contribution in [1.82, 2.24) is 10.2 Å². The van der Waals surface area contributed by atoms with Gasteiger partial charge < -0.3 is 5.32 Å². The molecule has 1 saturated carbocycles. The molecule has 104 valence electrons. The fraction of sp³-hybridized carbons (Fsp3) is 0.625. The molecule has 1 aliphatic carbocycles. The summed E-state index contributed by atoms with van der Waals surface area (Å²) in [6.45, 7) is 6.03. The Morgan fingerprint density at radius 2 is 2.21 bits per heavy atom. The van der Waals surface area contributed by atoms with Gasteiger partial charge in [-0.1, -0.05) is 28.1 Å². The molecule has 0 spiro atoms. The fourth-order valence-corrected chi connectivity index (χ4v) is 3.40. The predicted octanol–water partition coefficient (Wildman–Crippen LogP) is 3.58. The summed E-state index contributed by atoms with van der Waals surface area (Å²) in [5, 5.41) is 3.67. The van der Waals surface area contributed by atoms with Gasteiger partial charge in [0.15, 0.2) is 0 Å². The van der Waals surface area contributed by atoms with Crippen LogP contribution in [0.1, 0.15) is 37.8 Å². The first kappa shape index (κ1) is 13.6. The van der Waals surface area contributed by atoms with Gasteiger partial charge in [0.1, 0.15) is 0 Å². The molecule has 1 aliphatic heterocycles. The lowest BCUT2D eigenvalue weighted by Crippen LogP contribution is -2.29. The average Bonchev–Trinajstić information content (AvgIpc) is 3.13. The molecule has 0 aromatic heterocycles. The standard InChI is InChI=1S/C16H23BrN2/c1-12(14-3-2-4-15(17)9-14)19-8-7-13(11-19)10-18-16-5-6-16/h2-4,9,12-13,16,18H,5-8,10-11H2,1H3. The lowest BCUT2D eigenvalue weighted by atomic mass is 10.1. The molecule has 2 nitrogen and oxygen atoms in total. The molecule has 3 heteroatoms. The largest absolute Gasteiger partial charge is 0.314 e. The van der Waals surface area contributed by atoms with Crippen LogP contribution < -0.4 is 5.32 Å². The minimum Gasteiger partial charge on any atom is -0.314 e. The average molecular weight is 323 g/mol. The molecule has 1 saturated heterocycles. The van der Waals surface area contributed by atoms with Crippen molar-refractivity contribution in [2.75, 3.05) is 19.6 Å². The van der Waals surface area contributed by atoms with Gasteiger partial charge in [-0.2, -0.15) is 0 Å². The molecule has 2 fully saturated rings. The molecule has 1 N–H and O–H groups in total. The second-order valence-corrected chi connectivity index (χ2v) is 6.98. The van der Waals surface area contributed by atoms with Crippen LogP contribution in [0.5, 0.6) is 0 Å². The van der Waals surface area contributed by atoms with Crippen molar-refractivity contribution in [2.24, 2.45) is 5.92 Å². The SMILES string of the molecule is CC(c1cccc(Br)c1)N1CCC(CNC2CC2)C1. The van der Waals surface area contributed by atoms with Crippen LogP contribution in [0.25, 0.3) is 0 Å². The van der Waals surface area contributed by atoms with E-state index in [1.807, 2.05) is 0 Å². The van der Waals surface area contributed by atoms with Crippen LogP contribution >= 0.6 is 15.9 Å². The van der Waals surface area contributed by atoms with Crippen molar-refractivity contribution in [2.45, 2.75) is 38.3 Å². The zero-order valence-corrected chi connectivity index (χ0v) is 13.2. The van der Waals surface area contributed by atoms with Gasteiger partial charge in [-0.15, -0.1) is 0 Å². The number of halogens is 1. The van der Waals surface area contributed by atoms with Crippen LogP contribution in [0, 0.1) is 5.92 Å². The topological polar surface area (TPSA) is 15.3 Å². The molecule has 0 radical (unpaired) electrons. The van der Waals surface area contributed by atoms with E-state index >= 15 is 0 Å². The van der Waals surface area contributed by atoms with Crippen LogP contribution in [-0.2, 0) is 0 Å². The second kappa shape index (κ2) is 5.94. The highest BCUT2D eigenvalue weighted by molar-refractivity contribution is 9.10. The molecule has 1 aromatic carbocycles. The van der Waals surface area contributed by atoms with E-state index in [1.54, 1.807) is 0 Å². The third-order valence-corrected chi connectivity index (χ3v) is 4.96. The molecule has 2 aliphatic rings. The van der Waals surface area contributed by atoms with Gasteiger partial charge >= 0.3 is 0 Å². The highest BCUT2D eigenvalue weighted by Gasteiger charge is 2.28. The van der Waals surface area contributed by atoms with Crippen molar-refractivity contribution in [1.29, 1.82) is 0 Å². The van der Waals surface area contributed by atoms with E-state index in [2.05, 4.69) is 57.3 Å². The number of nitrogens with zero attached hydrogens (tertiary/aromatic N) is 1. The minimum atomic E-state index is 0.531. The van der Waals surface area contributed by atoms with E-state index < -0.39 is 0 Å². The smallest absolute Gasteiger partial charge is 0.0320 e. The van der Waals surface area contributed by atoms with E-state index in [-0.39, 0.29) is 0 Å². The maximum Gasteiger partial charge on any atom is 0.0320 e. The maximum atomic E-state index is 3.67.